The third-order valence-electron chi connectivity index (χ3n) is 4.26. The molecule has 0 saturated carbocycles. The molecule has 1 aliphatic rings. The van der Waals surface area contributed by atoms with Gasteiger partial charge in [-0.15, -0.1) is 0 Å². The van der Waals surface area contributed by atoms with Gasteiger partial charge in [0, 0.05) is 19.6 Å². The van der Waals surface area contributed by atoms with Gasteiger partial charge in [0.2, 0.25) is 0 Å². The lowest BCUT2D eigenvalue weighted by molar-refractivity contribution is 0.156. The van der Waals surface area contributed by atoms with E-state index in [1.165, 1.54) is 0 Å². The topological polar surface area (TPSA) is 32.7 Å². The molecule has 3 heteroatoms. The van der Waals surface area contributed by atoms with Crippen LogP contribution in [0.4, 0.5) is 0 Å². The third kappa shape index (κ3) is 9.09. The normalized spacial score (nSPS) is 26.9. The van der Waals surface area contributed by atoms with E-state index in [0.717, 1.165) is 44.7 Å². The van der Waals surface area contributed by atoms with E-state index in [1.807, 2.05) is 19.1 Å². The molecule has 24 heavy (non-hydrogen) atoms. The summed E-state index contributed by atoms with van der Waals surface area (Å²) in [6, 6.07) is 0. The maximum atomic E-state index is 9.92. The van der Waals surface area contributed by atoms with Gasteiger partial charge in [0.05, 0.1) is 6.10 Å². The van der Waals surface area contributed by atoms with Crippen molar-refractivity contribution in [1.82, 2.24) is 4.90 Å². The Hall–Kier alpha value is -1.32. The molecule has 0 fully saturated rings. The van der Waals surface area contributed by atoms with Crippen molar-refractivity contribution in [3.8, 4) is 0 Å². The molecule has 0 saturated heterocycles. The van der Waals surface area contributed by atoms with Gasteiger partial charge in [0.25, 0.3) is 0 Å². The van der Waals surface area contributed by atoms with Crippen LogP contribution in [0.25, 0.3) is 0 Å². The standard InChI is InChI=1S/C21H35NO2/c1-4-7-12-21(6-3)24-17-16-22-15-10-8-9-11-20(23)14-13-19(5-2)18-22/h6-9,12-14,19-20,23H,4-5,10-11,15-18H2,1-3H3/b9-8+,12-7+,14-13+,21-6-. The molecule has 1 heterocycles. The quantitative estimate of drug-likeness (QED) is 0.424. The second-order valence-electron chi connectivity index (χ2n) is 6.27. The van der Waals surface area contributed by atoms with Crippen LogP contribution in [0.15, 0.2) is 48.3 Å². The molecule has 0 amide bonds. The minimum Gasteiger partial charge on any atom is -0.493 e. The van der Waals surface area contributed by atoms with E-state index >= 15 is 0 Å². The Balaban J connectivity index is 2.56. The van der Waals surface area contributed by atoms with E-state index in [9.17, 15) is 5.11 Å². The Morgan fingerprint density at radius 1 is 1.29 bits per heavy atom. The fraction of sp³-hybridized carbons (Fsp3) is 0.619. The summed E-state index contributed by atoms with van der Waals surface area (Å²) in [5.41, 5.74) is 0. The molecule has 0 aromatic carbocycles. The fourth-order valence-electron chi connectivity index (χ4n) is 2.68. The molecule has 1 rings (SSSR count). The van der Waals surface area contributed by atoms with Crippen molar-refractivity contribution < 1.29 is 9.84 Å². The first-order chi connectivity index (χ1) is 11.7. The van der Waals surface area contributed by atoms with Crippen LogP contribution < -0.4 is 0 Å². The first kappa shape index (κ1) is 20.7. The summed E-state index contributed by atoms with van der Waals surface area (Å²) >= 11 is 0. The minimum atomic E-state index is -0.354. The highest BCUT2D eigenvalue weighted by Gasteiger charge is 2.12. The van der Waals surface area contributed by atoms with Gasteiger partial charge in [-0.2, -0.15) is 0 Å². The Morgan fingerprint density at radius 3 is 2.83 bits per heavy atom. The summed E-state index contributed by atoms with van der Waals surface area (Å²) < 4.78 is 5.89. The average Bonchev–Trinajstić information content (AvgIpc) is 2.63. The van der Waals surface area contributed by atoms with E-state index in [-0.39, 0.29) is 6.10 Å². The van der Waals surface area contributed by atoms with Crippen molar-refractivity contribution >= 4 is 0 Å². The van der Waals surface area contributed by atoms with Gasteiger partial charge in [-0.3, -0.25) is 4.90 Å². The van der Waals surface area contributed by atoms with Gasteiger partial charge >= 0.3 is 0 Å². The molecular weight excluding hydrogens is 298 g/mol. The molecule has 1 aliphatic heterocycles. The van der Waals surface area contributed by atoms with Crippen molar-refractivity contribution in [3.63, 3.8) is 0 Å². The number of nitrogens with zero attached hydrogens (tertiary/aromatic N) is 1. The summed E-state index contributed by atoms with van der Waals surface area (Å²) in [5.74, 6) is 1.43. The first-order valence-electron chi connectivity index (χ1n) is 9.38. The van der Waals surface area contributed by atoms with E-state index in [2.05, 4.69) is 49.1 Å². The lowest BCUT2D eigenvalue weighted by Gasteiger charge is -2.25. The van der Waals surface area contributed by atoms with Crippen LogP contribution in [0.2, 0.25) is 0 Å². The molecule has 0 radical (unpaired) electrons. The monoisotopic (exact) mass is 333 g/mol. The lowest BCUT2D eigenvalue weighted by Crippen LogP contribution is -2.32. The Morgan fingerprint density at radius 2 is 2.12 bits per heavy atom. The average molecular weight is 334 g/mol. The highest BCUT2D eigenvalue weighted by Crippen LogP contribution is 2.12. The first-order valence-corrected chi connectivity index (χ1v) is 9.38. The van der Waals surface area contributed by atoms with Crippen molar-refractivity contribution in [2.45, 2.75) is 52.6 Å². The number of hydrogen-bond donors (Lipinski definition) is 1. The van der Waals surface area contributed by atoms with E-state index in [1.54, 1.807) is 0 Å². The fourth-order valence-corrected chi connectivity index (χ4v) is 2.68. The van der Waals surface area contributed by atoms with Gasteiger partial charge in [-0.05, 0) is 50.7 Å². The number of allylic oxidation sites excluding steroid dienone is 3. The predicted molar refractivity (Wildman–Crippen MR) is 103 cm³/mol. The zero-order valence-corrected chi connectivity index (χ0v) is 15.7. The van der Waals surface area contributed by atoms with Crippen LogP contribution in [0.3, 0.4) is 0 Å². The van der Waals surface area contributed by atoms with Crippen LogP contribution >= 0.6 is 0 Å². The molecule has 0 spiro atoms. The number of hydrogen-bond acceptors (Lipinski definition) is 3. The second-order valence-corrected chi connectivity index (χ2v) is 6.27. The third-order valence-corrected chi connectivity index (χ3v) is 4.26. The van der Waals surface area contributed by atoms with Crippen LogP contribution in [0.1, 0.15) is 46.5 Å². The molecule has 136 valence electrons. The molecule has 0 aromatic heterocycles. The predicted octanol–water partition coefficient (Wildman–Crippen LogP) is 4.47. The van der Waals surface area contributed by atoms with Gasteiger partial charge in [0.1, 0.15) is 12.4 Å². The van der Waals surface area contributed by atoms with Gasteiger partial charge in [-0.1, -0.05) is 44.2 Å². The van der Waals surface area contributed by atoms with E-state index in [4.69, 9.17) is 4.74 Å². The maximum absolute atomic E-state index is 9.92. The van der Waals surface area contributed by atoms with Crippen LogP contribution in [-0.4, -0.2) is 42.4 Å². The van der Waals surface area contributed by atoms with Gasteiger partial charge in [-0.25, -0.2) is 0 Å². The molecule has 2 atom stereocenters. The Labute approximate surface area is 148 Å². The number of rotatable bonds is 7. The zero-order chi connectivity index (χ0) is 17.6. The van der Waals surface area contributed by atoms with Crippen LogP contribution in [0, 0.1) is 5.92 Å². The van der Waals surface area contributed by atoms with Gasteiger partial charge < -0.3 is 9.84 Å². The molecule has 2 unspecified atom stereocenters. The highest BCUT2D eigenvalue weighted by molar-refractivity contribution is 5.10. The molecule has 0 bridgehead atoms. The van der Waals surface area contributed by atoms with Crippen LogP contribution in [0.5, 0.6) is 0 Å². The van der Waals surface area contributed by atoms with Crippen molar-refractivity contribution in [3.05, 3.63) is 48.3 Å². The van der Waals surface area contributed by atoms with E-state index in [0.29, 0.717) is 18.9 Å². The largest absolute Gasteiger partial charge is 0.493 e. The number of aliphatic hydroxyl groups is 1. The highest BCUT2D eigenvalue weighted by atomic mass is 16.5. The summed E-state index contributed by atoms with van der Waals surface area (Å²) in [5, 5.41) is 9.92. The SMILES string of the molecule is C/C=C(/C=C/CC)OCCN1CC/C=C/CC(O)/C=C/C(CC)C1. The van der Waals surface area contributed by atoms with E-state index < -0.39 is 0 Å². The van der Waals surface area contributed by atoms with Crippen molar-refractivity contribution in [1.29, 1.82) is 0 Å². The summed E-state index contributed by atoms with van der Waals surface area (Å²) in [7, 11) is 0. The summed E-state index contributed by atoms with van der Waals surface area (Å²) in [6.07, 6.45) is 18.1. The molecule has 3 nitrogen and oxygen atoms in total. The molecule has 0 aliphatic carbocycles. The van der Waals surface area contributed by atoms with Crippen LogP contribution in [-0.2, 0) is 4.74 Å². The minimum absolute atomic E-state index is 0.354. The van der Waals surface area contributed by atoms with Gasteiger partial charge in [0.15, 0.2) is 0 Å². The lowest BCUT2D eigenvalue weighted by atomic mass is 10.0. The zero-order valence-electron chi connectivity index (χ0n) is 15.7. The van der Waals surface area contributed by atoms with Crippen molar-refractivity contribution in [2.24, 2.45) is 5.92 Å². The Bertz CT molecular complexity index is 437. The molecular formula is C21H35NO2. The second kappa shape index (κ2) is 13.0. The Kier molecular flexibility index (Phi) is 11.2. The number of aliphatic hydroxyl groups excluding tert-OH is 1. The molecule has 1 N–H and O–H groups in total. The maximum Gasteiger partial charge on any atom is 0.114 e. The smallest absolute Gasteiger partial charge is 0.114 e. The summed E-state index contributed by atoms with van der Waals surface area (Å²) in [6.45, 7) is 10.0. The summed E-state index contributed by atoms with van der Waals surface area (Å²) in [4.78, 5) is 2.47. The number of ether oxygens (including phenoxy) is 1. The molecule has 0 aromatic rings. The van der Waals surface area contributed by atoms with Crippen molar-refractivity contribution in [2.75, 3.05) is 26.2 Å².